The highest BCUT2D eigenvalue weighted by atomic mass is 16.5. The van der Waals surface area contributed by atoms with Gasteiger partial charge in [-0.1, -0.05) is 60.7 Å². The molecule has 0 spiro atoms. The van der Waals surface area contributed by atoms with Crippen molar-refractivity contribution in [3.8, 4) is 0 Å². The van der Waals surface area contributed by atoms with Gasteiger partial charge in [0, 0.05) is 12.1 Å². The number of hydrogen-bond acceptors (Lipinski definition) is 3. The summed E-state index contributed by atoms with van der Waals surface area (Å²) in [5.74, 6) is -0.315. The summed E-state index contributed by atoms with van der Waals surface area (Å²) in [5, 5.41) is 0. The van der Waals surface area contributed by atoms with E-state index in [1.807, 2.05) is 48.5 Å². The van der Waals surface area contributed by atoms with Gasteiger partial charge in [0.05, 0.1) is 5.92 Å². The van der Waals surface area contributed by atoms with Crippen LogP contribution >= 0.6 is 0 Å². The summed E-state index contributed by atoms with van der Waals surface area (Å²) in [7, 11) is 2.21. The number of carbonyl (C=O) groups excluding carboxylic acids is 1. The summed E-state index contributed by atoms with van der Waals surface area (Å²) >= 11 is 0. The molecule has 3 nitrogen and oxygen atoms in total. The molecular weight excluding hydrogens is 322 g/mol. The molecule has 0 aromatic heterocycles. The molecule has 136 valence electrons. The number of nitrogens with zero attached hydrogens (tertiary/aromatic N) is 1. The maximum atomic E-state index is 13.1. The second kappa shape index (κ2) is 7.63. The van der Waals surface area contributed by atoms with E-state index in [9.17, 15) is 4.79 Å². The second-order valence-electron chi connectivity index (χ2n) is 7.73. The first-order valence-electron chi connectivity index (χ1n) is 9.72. The summed E-state index contributed by atoms with van der Waals surface area (Å²) in [6, 6.07) is 21.4. The van der Waals surface area contributed by atoms with Gasteiger partial charge in [0.15, 0.2) is 0 Å². The summed E-state index contributed by atoms with van der Waals surface area (Å²) < 4.78 is 6.04. The van der Waals surface area contributed by atoms with Gasteiger partial charge in [-0.15, -0.1) is 0 Å². The van der Waals surface area contributed by atoms with Gasteiger partial charge in [-0.2, -0.15) is 0 Å². The Morgan fingerprint density at radius 2 is 1.58 bits per heavy atom. The van der Waals surface area contributed by atoms with Crippen molar-refractivity contribution in [3.05, 3.63) is 71.8 Å². The molecule has 2 heterocycles. The number of hydrogen-bond donors (Lipinski definition) is 0. The Labute approximate surface area is 156 Å². The lowest BCUT2D eigenvalue weighted by molar-refractivity contribution is -0.154. The van der Waals surface area contributed by atoms with Crippen molar-refractivity contribution in [2.45, 2.75) is 56.2 Å². The standard InChI is InChI=1S/C23H27NO2/c1-24-19-12-13-20(24)16-21(15-19)26-23(25)22(18-10-6-3-7-11-18)14-17-8-4-2-5-9-17/h2-11,19-22H,12-16H2,1H3/t19-,20+,21+,22?. The molecule has 0 amide bonds. The van der Waals surface area contributed by atoms with E-state index in [4.69, 9.17) is 4.74 Å². The van der Waals surface area contributed by atoms with Crippen LogP contribution in [0, 0.1) is 0 Å². The van der Waals surface area contributed by atoms with Gasteiger partial charge >= 0.3 is 5.97 Å². The van der Waals surface area contributed by atoms with E-state index < -0.39 is 0 Å². The molecule has 0 saturated carbocycles. The number of carbonyl (C=O) groups is 1. The van der Waals surface area contributed by atoms with Gasteiger partial charge < -0.3 is 9.64 Å². The van der Waals surface area contributed by atoms with Crippen molar-refractivity contribution in [2.24, 2.45) is 0 Å². The molecule has 2 aromatic carbocycles. The van der Waals surface area contributed by atoms with Crippen molar-refractivity contribution < 1.29 is 9.53 Å². The van der Waals surface area contributed by atoms with E-state index in [0.717, 1.165) is 18.4 Å². The molecule has 4 atom stereocenters. The fourth-order valence-corrected chi connectivity index (χ4v) is 4.58. The summed E-state index contributed by atoms with van der Waals surface area (Å²) in [6.45, 7) is 0. The highest BCUT2D eigenvalue weighted by Gasteiger charge is 2.40. The van der Waals surface area contributed by atoms with E-state index >= 15 is 0 Å². The molecule has 26 heavy (non-hydrogen) atoms. The molecule has 2 aliphatic heterocycles. The lowest BCUT2D eigenvalue weighted by atomic mass is 9.91. The smallest absolute Gasteiger partial charge is 0.314 e. The molecule has 2 aliphatic rings. The Kier molecular flexibility index (Phi) is 5.07. The van der Waals surface area contributed by atoms with E-state index in [1.54, 1.807) is 0 Å². The van der Waals surface area contributed by atoms with Crippen molar-refractivity contribution in [1.29, 1.82) is 0 Å². The minimum atomic E-state index is -0.240. The van der Waals surface area contributed by atoms with Crippen LogP contribution in [-0.4, -0.2) is 36.1 Å². The van der Waals surface area contributed by atoms with Crippen LogP contribution in [0.15, 0.2) is 60.7 Å². The topological polar surface area (TPSA) is 29.5 Å². The fourth-order valence-electron chi connectivity index (χ4n) is 4.58. The Morgan fingerprint density at radius 1 is 1.00 bits per heavy atom. The molecule has 2 aromatic rings. The first kappa shape index (κ1) is 17.3. The zero-order chi connectivity index (χ0) is 17.9. The molecule has 3 heteroatoms. The van der Waals surface area contributed by atoms with E-state index in [1.165, 1.54) is 18.4 Å². The Balaban J connectivity index is 1.49. The van der Waals surface area contributed by atoms with E-state index in [2.05, 4.69) is 24.1 Å². The molecule has 4 rings (SSSR count). The summed E-state index contributed by atoms with van der Waals surface area (Å²) in [5.41, 5.74) is 2.21. The number of ether oxygens (including phenoxy) is 1. The van der Waals surface area contributed by atoms with Crippen LogP contribution < -0.4 is 0 Å². The third-order valence-electron chi connectivity index (χ3n) is 6.11. The first-order valence-corrected chi connectivity index (χ1v) is 9.72. The third-order valence-corrected chi connectivity index (χ3v) is 6.11. The fraction of sp³-hybridized carbons (Fsp3) is 0.435. The number of benzene rings is 2. The molecular formula is C23H27NO2. The molecule has 2 fully saturated rings. The Bertz CT molecular complexity index is 716. The normalized spacial score (nSPS) is 26.4. The van der Waals surface area contributed by atoms with Crippen LogP contribution in [0.3, 0.4) is 0 Å². The quantitative estimate of drug-likeness (QED) is 0.759. The maximum Gasteiger partial charge on any atom is 0.314 e. The minimum absolute atomic E-state index is 0.0678. The van der Waals surface area contributed by atoms with Crippen LogP contribution in [-0.2, 0) is 16.0 Å². The summed E-state index contributed by atoms with van der Waals surface area (Å²) in [6.07, 6.45) is 5.18. The molecule has 0 N–H and O–H groups in total. The highest BCUT2D eigenvalue weighted by molar-refractivity contribution is 5.78. The van der Waals surface area contributed by atoms with Crippen molar-refractivity contribution in [2.75, 3.05) is 7.05 Å². The maximum absolute atomic E-state index is 13.1. The number of fused-ring (bicyclic) bond motifs is 2. The second-order valence-corrected chi connectivity index (χ2v) is 7.73. The van der Waals surface area contributed by atoms with E-state index in [0.29, 0.717) is 18.5 Å². The van der Waals surface area contributed by atoms with Gasteiger partial charge in [0.25, 0.3) is 0 Å². The van der Waals surface area contributed by atoms with Crippen molar-refractivity contribution in [3.63, 3.8) is 0 Å². The van der Waals surface area contributed by atoms with Crippen LogP contribution in [0.1, 0.15) is 42.7 Å². The molecule has 0 aliphatic carbocycles. The van der Waals surface area contributed by atoms with Gasteiger partial charge in [0.1, 0.15) is 6.10 Å². The van der Waals surface area contributed by atoms with Crippen LogP contribution in [0.4, 0.5) is 0 Å². The predicted molar refractivity (Wildman–Crippen MR) is 103 cm³/mol. The predicted octanol–water partition coefficient (Wildman–Crippen LogP) is 4.18. The van der Waals surface area contributed by atoms with Gasteiger partial charge in [-0.25, -0.2) is 0 Å². The number of esters is 1. The minimum Gasteiger partial charge on any atom is -0.462 e. The molecule has 0 radical (unpaired) electrons. The highest BCUT2D eigenvalue weighted by Crippen LogP contribution is 2.36. The van der Waals surface area contributed by atoms with Gasteiger partial charge in [-0.3, -0.25) is 4.79 Å². The largest absolute Gasteiger partial charge is 0.462 e. The molecule has 2 bridgehead atoms. The first-order chi connectivity index (χ1) is 12.7. The van der Waals surface area contributed by atoms with Crippen molar-refractivity contribution in [1.82, 2.24) is 4.90 Å². The number of piperidine rings is 1. The van der Waals surface area contributed by atoms with Crippen LogP contribution in [0.5, 0.6) is 0 Å². The monoisotopic (exact) mass is 349 g/mol. The molecule has 1 unspecified atom stereocenters. The average Bonchev–Trinajstić information content (AvgIpc) is 2.88. The average molecular weight is 349 g/mol. The van der Waals surface area contributed by atoms with Crippen LogP contribution in [0.2, 0.25) is 0 Å². The zero-order valence-corrected chi connectivity index (χ0v) is 15.4. The zero-order valence-electron chi connectivity index (χ0n) is 15.4. The Hall–Kier alpha value is -2.13. The van der Waals surface area contributed by atoms with Crippen LogP contribution in [0.25, 0.3) is 0 Å². The van der Waals surface area contributed by atoms with Crippen molar-refractivity contribution >= 4 is 5.97 Å². The molecule has 2 saturated heterocycles. The summed E-state index contributed by atoms with van der Waals surface area (Å²) in [4.78, 5) is 15.6. The lowest BCUT2D eigenvalue weighted by Gasteiger charge is -2.36. The third kappa shape index (κ3) is 3.68. The van der Waals surface area contributed by atoms with E-state index in [-0.39, 0.29) is 18.0 Å². The number of rotatable bonds is 5. The lowest BCUT2D eigenvalue weighted by Crippen LogP contribution is -2.43. The Morgan fingerprint density at radius 3 is 2.19 bits per heavy atom. The SMILES string of the molecule is CN1[C@@H]2CC[C@H]1C[C@@H](OC(=O)C(Cc1ccccc1)c1ccccc1)C2. The van der Waals surface area contributed by atoms with Gasteiger partial charge in [0.2, 0.25) is 0 Å². The van der Waals surface area contributed by atoms with Gasteiger partial charge in [-0.05, 0) is 50.3 Å².